The Labute approximate surface area is 123 Å². The summed E-state index contributed by atoms with van der Waals surface area (Å²) < 4.78 is 1.11. The minimum atomic E-state index is 0.216. The summed E-state index contributed by atoms with van der Waals surface area (Å²) >= 11 is 3.50. The van der Waals surface area contributed by atoms with Crippen molar-refractivity contribution in [2.45, 2.75) is 32.7 Å². The highest BCUT2D eigenvalue weighted by Gasteiger charge is 2.17. The minimum Gasteiger partial charge on any atom is -0.271 e. The predicted molar refractivity (Wildman–Crippen MR) is 85.8 cm³/mol. The van der Waals surface area contributed by atoms with Gasteiger partial charge in [0.15, 0.2) is 0 Å². The van der Waals surface area contributed by atoms with Crippen LogP contribution in [-0.4, -0.2) is 0 Å². The molecule has 2 aromatic rings. The molecule has 0 saturated heterocycles. The van der Waals surface area contributed by atoms with Gasteiger partial charge in [-0.2, -0.15) is 0 Å². The third-order valence-electron chi connectivity index (χ3n) is 3.68. The Morgan fingerprint density at radius 2 is 1.84 bits per heavy atom. The molecular formula is C16H21BrN2. The molecule has 0 spiro atoms. The number of nitrogens with one attached hydrogen (secondary N) is 1. The Hall–Kier alpha value is -0.900. The Bertz CT molecular complexity index is 553. The number of rotatable bonds is 5. The number of hydrazine groups is 1. The number of nitrogens with two attached hydrogens (primary N) is 1. The Balaban J connectivity index is 2.35. The molecular weight excluding hydrogens is 300 g/mol. The normalized spacial score (nSPS) is 14.5. The molecule has 0 heterocycles. The maximum Gasteiger partial charge on any atom is 0.0485 e. The van der Waals surface area contributed by atoms with E-state index in [1.165, 1.54) is 29.2 Å². The summed E-state index contributed by atoms with van der Waals surface area (Å²) in [5, 5.41) is 2.50. The van der Waals surface area contributed by atoms with Crippen molar-refractivity contribution < 1.29 is 0 Å². The van der Waals surface area contributed by atoms with E-state index in [1.807, 2.05) is 0 Å². The van der Waals surface area contributed by atoms with Gasteiger partial charge >= 0.3 is 0 Å². The quantitative estimate of drug-likeness (QED) is 0.626. The molecule has 0 amide bonds. The molecule has 0 aliphatic heterocycles. The zero-order valence-electron chi connectivity index (χ0n) is 11.5. The van der Waals surface area contributed by atoms with Gasteiger partial charge in [-0.25, -0.2) is 0 Å². The van der Waals surface area contributed by atoms with E-state index in [0.717, 1.165) is 4.47 Å². The van der Waals surface area contributed by atoms with Crippen LogP contribution in [0.15, 0.2) is 40.9 Å². The molecule has 3 N–H and O–H groups in total. The first-order valence-electron chi connectivity index (χ1n) is 6.81. The Morgan fingerprint density at radius 1 is 1.16 bits per heavy atom. The van der Waals surface area contributed by atoms with Crippen molar-refractivity contribution in [1.82, 2.24) is 5.43 Å². The molecule has 0 aliphatic rings. The van der Waals surface area contributed by atoms with Crippen LogP contribution in [0, 0.1) is 5.92 Å². The lowest BCUT2D eigenvalue weighted by molar-refractivity contribution is 0.368. The van der Waals surface area contributed by atoms with Crippen LogP contribution >= 0.6 is 15.9 Å². The molecule has 2 nitrogen and oxygen atoms in total. The van der Waals surface area contributed by atoms with Crippen molar-refractivity contribution in [1.29, 1.82) is 0 Å². The van der Waals surface area contributed by atoms with Crippen LogP contribution in [0.25, 0.3) is 10.8 Å². The molecule has 0 aliphatic carbocycles. The van der Waals surface area contributed by atoms with Gasteiger partial charge in [0.25, 0.3) is 0 Å². The summed E-state index contributed by atoms with van der Waals surface area (Å²) in [6.07, 6.45) is 2.35. The summed E-state index contributed by atoms with van der Waals surface area (Å²) in [6, 6.07) is 13.1. The second kappa shape index (κ2) is 6.51. The van der Waals surface area contributed by atoms with Crippen LogP contribution in [0.1, 0.15) is 38.3 Å². The highest BCUT2D eigenvalue weighted by Crippen LogP contribution is 2.28. The van der Waals surface area contributed by atoms with E-state index in [1.54, 1.807) is 0 Å². The molecule has 2 aromatic carbocycles. The summed E-state index contributed by atoms with van der Waals surface area (Å²) in [5.74, 6) is 6.28. The maximum atomic E-state index is 5.75. The zero-order chi connectivity index (χ0) is 13.8. The lowest BCUT2D eigenvalue weighted by atomic mass is 9.90. The molecule has 2 atom stereocenters. The molecule has 2 rings (SSSR count). The van der Waals surface area contributed by atoms with Gasteiger partial charge in [0.05, 0.1) is 0 Å². The zero-order valence-corrected chi connectivity index (χ0v) is 13.1. The van der Waals surface area contributed by atoms with E-state index in [0.29, 0.717) is 5.92 Å². The van der Waals surface area contributed by atoms with Crippen LogP contribution in [0.2, 0.25) is 0 Å². The van der Waals surface area contributed by atoms with Crippen LogP contribution in [0.3, 0.4) is 0 Å². The van der Waals surface area contributed by atoms with Crippen molar-refractivity contribution in [2.75, 3.05) is 0 Å². The second-order valence-corrected chi connectivity index (χ2v) is 6.08. The molecule has 102 valence electrons. The van der Waals surface area contributed by atoms with Gasteiger partial charge < -0.3 is 0 Å². The second-order valence-electron chi connectivity index (χ2n) is 5.16. The summed E-state index contributed by atoms with van der Waals surface area (Å²) in [6.45, 7) is 4.46. The van der Waals surface area contributed by atoms with E-state index in [9.17, 15) is 0 Å². The van der Waals surface area contributed by atoms with E-state index in [-0.39, 0.29) is 6.04 Å². The lowest BCUT2D eigenvalue weighted by Crippen LogP contribution is -2.32. The first-order chi connectivity index (χ1) is 9.15. The van der Waals surface area contributed by atoms with Crippen LogP contribution in [0.5, 0.6) is 0 Å². The van der Waals surface area contributed by atoms with Gasteiger partial charge in [-0.05, 0) is 46.9 Å². The smallest absolute Gasteiger partial charge is 0.0485 e. The summed E-state index contributed by atoms with van der Waals surface area (Å²) in [7, 11) is 0. The number of benzene rings is 2. The van der Waals surface area contributed by atoms with Crippen LogP contribution in [0.4, 0.5) is 0 Å². The third kappa shape index (κ3) is 3.35. The molecule has 0 aromatic heterocycles. The average Bonchev–Trinajstić information content (AvgIpc) is 2.40. The number of hydrogen-bond acceptors (Lipinski definition) is 2. The molecule has 0 saturated carbocycles. The molecule has 2 unspecified atom stereocenters. The van der Waals surface area contributed by atoms with Gasteiger partial charge in [-0.1, -0.05) is 54.4 Å². The minimum absolute atomic E-state index is 0.216. The first kappa shape index (κ1) is 14.5. The van der Waals surface area contributed by atoms with Crippen molar-refractivity contribution >= 4 is 26.7 Å². The SMILES string of the molecule is CCCC(C)C(NN)c1ccc2cc(Br)ccc2c1. The van der Waals surface area contributed by atoms with Gasteiger partial charge in [0.2, 0.25) is 0 Å². The van der Waals surface area contributed by atoms with Gasteiger partial charge in [-0.3, -0.25) is 11.3 Å². The number of halogens is 1. The fourth-order valence-electron chi connectivity index (χ4n) is 2.64. The Morgan fingerprint density at radius 3 is 2.53 bits per heavy atom. The highest BCUT2D eigenvalue weighted by molar-refractivity contribution is 9.10. The molecule has 0 radical (unpaired) electrons. The maximum absolute atomic E-state index is 5.75. The molecule has 19 heavy (non-hydrogen) atoms. The van der Waals surface area contributed by atoms with Gasteiger partial charge in [-0.15, -0.1) is 0 Å². The van der Waals surface area contributed by atoms with E-state index < -0.39 is 0 Å². The fourth-order valence-corrected chi connectivity index (χ4v) is 3.02. The van der Waals surface area contributed by atoms with Crippen molar-refractivity contribution in [3.8, 4) is 0 Å². The van der Waals surface area contributed by atoms with Gasteiger partial charge in [0, 0.05) is 10.5 Å². The lowest BCUT2D eigenvalue weighted by Gasteiger charge is -2.23. The monoisotopic (exact) mass is 320 g/mol. The largest absolute Gasteiger partial charge is 0.271 e. The fraction of sp³-hybridized carbons (Fsp3) is 0.375. The van der Waals surface area contributed by atoms with Crippen LogP contribution < -0.4 is 11.3 Å². The van der Waals surface area contributed by atoms with E-state index in [4.69, 9.17) is 5.84 Å². The van der Waals surface area contributed by atoms with Crippen LogP contribution in [-0.2, 0) is 0 Å². The van der Waals surface area contributed by atoms with Crippen molar-refractivity contribution in [2.24, 2.45) is 11.8 Å². The third-order valence-corrected chi connectivity index (χ3v) is 4.17. The molecule has 0 fully saturated rings. The standard InChI is InChI=1S/C16H21BrN2/c1-3-4-11(2)16(19-18)14-6-5-13-10-15(17)8-7-12(13)9-14/h5-11,16,19H,3-4,18H2,1-2H3. The Kier molecular flexibility index (Phi) is 4.97. The topological polar surface area (TPSA) is 38.0 Å². The highest BCUT2D eigenvalue weighted by atomic mass is 79.9. The number of fused-ring (bicyclic) bond motifs is 1. The molecule has 3 heteroatoms. The average molecular weight is 321 g/mol. The predicted octanol–water partition coefficient (Wildman–Crippen LogP) is 4.54. The van der Waals surface area contributed by atoms with Crippen molar-refractivity contribution in [3.05, 3.63) is 46.4 Å². The first-order valence-corrected chi connectivity index (χ1v) is 7.60. The number of hydrogen-bond donors (Lipinski definition) is 2. The van der Waals surface area contributed by atoms with Crippen molar-refractivity contribution in [3.63, 3.8) is 0 Å². The summed E-state index contributed by atoms with van der Waals surface area (Å²) in [5.41, 5.74) is 4.23. The molecule has 0 bridgehead atoms. The van der Waals surface area contributed by atoms with Gasteiger partial charge in [0.1, 0.15) is 0 Å². The van der Waals surface area contributed by atoms with E-state index in [2.05, 4.69) is 71.6 Å². The summed E-state index contributed by atoms with van der Waals surface area (Å²) in [4.78, 5) is 0. The van der Waals surface area contributed by atoms with E-state index >= 15 is 0 Å².